The maximum absolute atomic E-state index is 11.8. The maximum atomic E-state index is 11.8. The molecule has 1 aliphatic heterocycles. The minimum absolute atomic E-state index is 0.0429. The van der Waals surface area contributed by atoms with E-state index in [0.717, 1.165) is 19.4 Å². The molecule has 0 spiro atoms. The van der Waals surface area contributed by atoms with E-state index in [0.29, 0.717) is 0 Å². The van der Waals surface area contributed by atoms with Crippen LogP contribution in [0.2, 0.25) is 0 Å². The highest BCUT2D eigenvalue weighted by Gasteiger charge is 2.27. The summed E-state index contributed by atoms with van der Waals surface area (Å²) in [5.74, 6) is 0.0429. The van der Waals surface area contributed by atoms with Gasteiger partial charge in [-0.15, -0.1) is 0 Å². The second kappa shape index (κ2) is 4.52. The highest BCUT2D eigenvalue weighted by molar-refractivity contribution is 5.87. The van der Waals surface area contributed by atoms with Crippen molar-refractivity contribution in [1.82, 2.24) is 4.90 Å². The van der Waals surface area contributed by atoms with Crippen LogP contribution in [0.15, 0.2) is 36.9 Å². The quantitative estimate of drug-likeness (QED) is 0.695. The fraction of sp³-hybridized carbons (Fsp3) is 0.357. The molecule has 2 heteroatoms. The molecule has 0 aliphatic carbocycles. The molecule has 0 radical (unpaired) electrons. The minimum Gasteiger partial charge on any atom is -0.332 e. The smallest absolute Gasteiger partial charge is 0.246 e. The van der Waals surface area contributed by atoms with E-state index in [1.165, 1.54) is 17.2 Å². The fourth-order valence-electron chi connectivity index (χ4n) is 2.47. The van der Waals surface area contributed by atoms with Crippen molar-refractivity contribution in [2.24, 2.45) is 0 Å². The van der Waals surface area contributed by atoms with Crippen molar-refractivity contribution >= 4 is 5.91 Å². The molecule has 0 aromatic heterocycles. The first-order valence-electron chi connectivity index (χ1n) is 5.78. The molecule has 1 aliphatic rings. The molecular weight excluding hydrogens is 198 g/mol. The first kappa shape index (κ1) is 10.9. The van der Waals surface area contributed by atoms with Gasteiger partial charge < -0.3 is 4.90 Å². The van der Waals surface area contributed by atoms with Crippen LogP contribution >= 0.6 is 0 Å². The number of fused-ring (bicyclic) bond motifs is 1. The van der Waals surface area contributed by atoms with Crippen molar-refractivity contribution in [2.75, 3.05) is 6.54 Å². The van der Waals surface area contributed by atoms with Gasteiger partial charge in [-0.05, 0) is 30.0 Å². The Morgan fingerprint density at radius 3 is 3.00 bits per heavy atom. The largest absolute Gasteiger partial charge is 0.332 e. The second-order valence-corrected chi connectivity index (χ2v) is 4.11. The van der Waals surface area contributed by atoms with Crippen molar-refractivity contribution in [3.05, 3.63) is 48.0 Å². The summed E-state index contributed by atoms with van der Waals surface area (Å²) in [5, 5.41) is 0. The molecule has 1 atom stereocenters. The van der Waals surface area contributed by atoms with Gasteiger partial charge in [-0.25, -0.2) is 0 Å². The summed E-state index contributed by atoms with van der Waals surface area (Å²) in [4.78, 5) is 13.7. The lowest BCUT2D eigenvalue weighted by Crippen LogP contribution is -2.38. The van der Waals surface area contributed by atoms with Crippen LogP contribution in [-0.4, -0.2) is 17.4 Å². The molecule has 1 aromatic rings. The molecule has 1 amide bonds. The lowest BCUT2D eigenvalue weighted by molar-refractivity contribution is -0.128. The SMILES string of the molecule is C=CC(=O)N1CCc2ccccc2C1CC. The van der Waals surface area contributed by atoms with Crippen LogP contribution in [0.4, 0.5) is 0 Å². The first-order valence-corrected chi connectivity index (χ1v) is 5.78. The predicted octanol–water partition coefficient (Wildman–Crippen LogP) is 2.71. The molecule has 0 N–H and O–H groups in total. The summed E-state index contributed by atoms with van der Waals surface area (Å²) in [5.41, 5.74) is 2.67. The number of hydrogen-bond acceptors (Lipinski definition) is 1. The zero-order valence-electron chi connectivity index (χ0n) is 9.65. The first-order chi connectivity index (χ1) is 7.77. The fourth-order valence-corrected chi connectivity index (χ4v) is 2.47. The van der Waals surface area contributed by atoms with Gasteiger partial charge in [0.25, 0.3) is 0 Å². The van der Waals surface area contributed by atoms with Gasteiger partial charge in [0.15, 0.2) is 0 Å². The highest BCUT2D eigenvalue weighted by Crippen LogP contribution is 2.31. The Labute approximate surface area is 96.6 Å². The van der Waals surface area contributed by atoms with Crippen molar-refractivity contribution in [3.63, 3.8) is 0 Å². The maximum Gasteiger partial charge on any atom is 0.246 e. The van der Waals surface area contributed by atoms with Crippen molar-refractivity contribution in [3.8, 4) is 0 Å². The zero-order chi connectivity index (χ0) is 11.5. The average molecular weight is 215 g/mol. The molecule has 1 aromatic carbocycles. The Bertz CT molecular complexity index is 411. The summed E-state index contributed by atoms with van der Waals surface area (Å²) in [6.07, 6.45) is 3.32. The Balaban J connectivity index is 2.37. The molecule has 0 fully saturated rings. The minimum atomic E-state index is 0.0429. The number of benzene rings is 1. The third-order valence-electron chi connectivity index (χ3n) is 3.26. The van der Waals surface area contributed by atoms with Gasteiger partial charge in [0, 0.05) is 6.54 Å². The number of carbonyl (C=O) groups is 1. The van der Waals surface area contributed by atoms with E-state index in [-0.39, 0.29) is 11.9 Å². The lowest BCUT2D eigenvalue weighted by atomic mass is 9.91. The summed E-state index contributed by atoms with van der Waals surface area (Å²) in [7, 11) is 0. The van der Waals surface area contributed by atoms with Crippen molar-refractivity contribution < 1.29 is 4.79 Å². The molecule has 0 saturated heterocycles. The summed E-state index contributed by atoms with van der Waals surface area (Å²) >= 11 is 0. The van der Waals surface area contributed by atoms with Gasteiger partial charge in [-0.3, -0.25) is 4.79 Å². The van der Waals surface area contributed by atoms with Crippen LogP contribution in [0.3, 0.4) is 0 Å². The number of nitrogens with zero attached hydrogens (tertiary/aromatic N) is 1. The van der Waals surface area contributed by atoms with Crippen LogP contribution in [0, 0.1) is 0 Å². The normalized spacial score (nSPS) is 19.1. The standard InChI is InChI=1S/C14H17NO/c1-3-13-12-8-6-5-7-11(12)9-10-15(13)14(16)4-2/h4-8,13H,2-3,9-10H2,1H3. The number of hydrogen-bond donors (Lipinski definition) is 0. The third kappa shape index (κ3) is 1.75. The summed E-state index contributed by atoms with van der Waals surface area (Å²) in [6, 6.07) is 8.62. The van der Waals surface area contributed by atoms with Gasteiger partial charge in [-0.2, -0.15) is 0 Å². The van der Waals surface area contributed by atoms with Crippen LogP contribution in [0.1, 0.15) is 30.5 Å². The van der Waals surface area contributed by atoms with Gasteiger partial charge in [0.1, 0.15) is 0 Å². The number of amides is 1. The monoisotopic (exact) mass is 215 g/mol. The Kier molecular flexibility index (Phi) is 3.09. The molecule has 0 saturated carbocycles. The molecule has 2 nitrogen and oxygen atoms in total. The highest BCUT2D eigenvalue weighted by atomic mass is 16.2. The molecule has 84 valence electrons. The molecule has 2 rings (SSSR count). The van der Waals surface area contributed by atoms with Crippen LogP contribution in [-0.2, 0) is 11.2 Å². The zero-order valence-corrected chi connectivity index (χ0v) is 9.65. The predicted molar refractivity (Wildman–Crippen MR) is 65.1 cm³/mol. The van der Waals surface area contributed by atoms with Crippen LogP contribution < -0.4 is 0 Å². The Hall–Kier alpha value is -1.57. The van der Waals surface area contributed by atoms with Crippen molar-refractivity contribution in [2.45, 2.75) is 25.8 Å². The van der Waals surface area contributed by atoms with Gasteiger partial charge in [0.2, 0.25) is 5.91 Å². The van der Waals surface area contributed by atoms with Gasteiger partial charge in [0.05, 0.1) is 6.04 Å². The van der Waals surface area contributed by atoms with E-state index in [2.05, 4.69) is 31.7 Å². The number of carbonyl (C=O) groups excluding carboxylic acids is 1. The van der Waals surface area contributed by atoms with Crippen LogP contribution in [0.25, 0.3) is 0 Å². The molecule has 0 bridgehead atoms. The van der Waals surface area contributed by atoms with Crippen molar-refractivity contribution in [1.29, 1.82) is 0 Å². The van der Waals surface area contributed by atoms with Crippen LogP contribution in [0.5, 0.6) is 0 Å². The van der Waals surface area contributed by atoms with E-state index in [1.807, 2.05) is 11.0 Å². The van der Waals surface area contributed by atoms with E-state index < -0.39 is 0 Å². The second-order valence-electron chi connectivity index (χ2n) is 4.11. The van der Waals surface area contributed by atoms with E-state index in [9.17, 15) is 4.79 Å². The number of rotatable bonds is 2. The van der Waals surface area contributed by atoms with E-state index in [1.54, 1.807) is 0 Å². The Morgan fingerprint density at radius 2 is 2.31 bits per heavy atom. The molecule has 16 heavy (non-hydrogen) atoms. The van der Waals surface area contributed by atoms with E-state index in [4.69, 9.17) is 0 Å². The molecule has 1 heterocycles. The summed E-state index contributed by atoms with van der Waals surface area (Å²) < 4.78 is 0. The van der Waals surface area contributed by atoms with Gasteiger partial charge in [-0.1, -0.05) is 37.8 Å². The molecule has 1 unspecified atom stereocenters. The Morgan fingerprint density at radius 1 is 1.56 bits per heavy atom. The topological polar surface area (TPSA) is 20.3 Å². The third-order valence-corrected chi connectivity index (χ3v) is 3.26. The average Bonchev–Trinajstić information content (AvgIpc) is 2.36. The molecular formula is C14H17NO. The lowest BCUT2D eigenvalue weighted by Gasteiger charge is -2.36. The van der Waals surface area contributed by atoms with Gasteiger partial charge >= 0.3 is 0 Å². The summed E-state index contributed by atoms with van der Waals surface area (Å²) in [6.45, 7) is 6.50. The van der Waals surface area contributed by atoms with E-state index >= 15 is 0 Å².